The van der Waals surface area contributed by atoms with Gasteiger partial charge in [-0.2, -0.15) is 0 Å². The maximum Gasteiger partial charge on any atom is 0.312 e. The van der Waals surface area contributed by atoms with Crippen molar-refractivity contribution < 1.29 is 24.2 Å². The summed E-state index contributed by atoms with van der Waals surface area (Å²) in [6, 6.07) is 16.0. The lowest BCUT2D eigenvalue weighted by Crippen LogP contribution is -2.21. The standard InChI is InChI=1S/C27H18ClNO5/c1-29-13-15(16-4-2-3-5-20(16)29)11-23-26(32)17-7-9-22-25(27(17)34-23)18(12-24(31)33-22)14-6-8-21(30)19(28)10-14/h2-11,13,18,30H,12H2,1H3/b23-11-/t18-/m0/s1. The summed E-state index contributed by atoms with van der Waals surface area (Å²) in [5.74, 6) is -0.163. The number of para-hydroxylation sites is 1. The van der Waals surface area contributed by atoms with Gasteiger partial charge in [0.05, 0.1) is 17.0 Å². The Bertz CT molecular complexity index is 1570. The number of phenols is 1. The zero-order valence-electron chi connectivity index (χ0n) is 18.0. The van der Waals surface area contributed by atoms with Crippen molar-refractivity contribution in [1.82, 2.24) is 4.57 Å². The van der Waals surface area contributed by atoms with Crippen molar-refractivity contribution in [2.24, 2.45) is 7.05 Å². The number of Topliss-reactive ketones (excluding diaryl/α,β-unsaturated/α-hetero) is 1. The molecule has 0 fully saturated rings. The molecule has 1 N–H and O–H groups in total. The van der Waals surface area contributed by atoms with Gasteiger partial charge in [-0.15, -0.1) is 0 Å². The average Bonchev–Trinajstić information content (AvgIpc) is 3.31. The van der Waals surface area contributed by atoms with E-state index in [1.807, 2.05) is 42.1 Å². The first-order chi connectivity index (χ1) is 16.4. The van der Waals surface area contributed by atoms with E-state index in [-0.39, 0.29) is 28.7 Å². The summed E-state index contributed by atoms with van der Waals surface area (Å²) >= 11 is 6.14. The van der Waals surface area contributed by atoms with E-state index in [1.165, 1.54) is 6.07 Å². The molecule has 3 aromatic carbocycles. The largest absolute Gasteiger partial charge is 0.506 e. The number of aromatic nitrogens is 1. The summed E-state index contributed by atoms with van der Waals surface area (Å²) in [6.07, 6.45) is 3.76. The van der Waals surface area contributed by atoms with E-state index in [2.05, 4.69) is 0 Å². The number of allylic oxidation sites excluding steroid dienone is 1. The van der Waals surface area contributed by atoms with Crippen molar-refractivity contribution in [3.63, 3.8) is 0 Å². The molecule has 4 aromatic rings. The first-order valence-corrected chi connectivity index (χ1v) is 11.1. The van der Waals surface area contributed by atoms with Crippen LogP contribution in [0.2, 0.25) is 5.02 Å². The number of esters is 1. The van der Waals surface area contributed by atoms with Crippen LogP contribution in [0.15, 0.2) is 66.6 Å². The smallest absolute Gasteiger partial charge is 0.312 e. The fourth-order valence-corrected chi connectivity index (χ4v) is 4.95. The van der Waals surface area contributed by atoms with Crippen molar-refractivity contribution in [3.8, 4) is 17.2 Å². The Balaban J connectivity index is 1.48. The van der Waals surface area contributed by atoms with Gasteiger partial charge in [0.25, 0.3) is 0 Å². The van der Waals surface area contributed by atoms with Crippen LogP contribution in [-0.2, 0) is 11.8 Å². The molecule has 0 spiro atoms. The quantitative estimate of drug-likeness (QED) is 0.234. The van der Waals surface area contributed by atoms with Crippen LogP contribution < -0.4 is 9.47 Å². The third kappa shape index (κ3) is 3.10. The predicted molar refractivity (Wildman–Crippen MR) is 128 cm³/mol. The number of benzene rings is 3. The zero-order chi connectivity index (χ0) is 23.6. The Morgan fingerprint density at radius 3 is 2.74 bits per heavy atom. The van der Waals surface area contributed by atoms with Gasteiger partial charge >= 0.3 is 5.97 Å². The second kappa shape index (κ2) is 7.50. The van der Waals surface area contributed by atoms with Crippen molar-refractivity contribution in [1.29, 1.82) is 0 Å². The highest BCUT2D eigenvalue weighted by molar-refractivity contribution is 6.32. The Labute approximate surface area is 199 Å². The minimum atomic E-state index is -0.436. The van der Waals surface area contributed by atoms with E-state index in [0.29, 0.717) is 22.6 Å². The van der Waals surface area contributed by atoms with Gasteiger partial charge in [-0.1, -0.05) is 35.9 Å². The number of rotatable bonds is 2. The molecule has 0 unspecified atom stereocenters. The number of hydrogen-bond donors (Lipinski definition) is 1. The van der Waals surface area contributed by atoms with Crippen LogP contribution in [0.1, 0.15) is 39.4 Å². The summed E-state index contributed by atoms with van der Waals surface area (Å²) in [5, 5.41) is 11.0. The number of phenolic OH excluding ortho intramolecular Hbond substituents is 1. The lowest BCUT2D eigenvalue weighted by molar-refractivity contribution is -0.135. The molecule has 2 aliphatic rings. The molecule has 168 valence electrons. The van der Waals surface area contributed by atoms with E-state index in [1.54, 1.807) is 30.3 Å². The van der Waals surface area contributed by atoms with Crippen molar-refractivity contribution >= 4 is 40.3 Å². The number of fused-ring (bicyclic) bond motifs is 4. The molecule has 3 heterocycles. The van der Waals surface area contributed by atoms with E-state index in [0.717, 1.165) is 22.0 Å². The minimum absolute atomic E-state index is 0.0472. The van der Waals surface area contributed by atoms with Crippen LogP contribution in [0, 0.1) is 0 Å². The third-order valence-electron chi connectivity index (χ3n) is 6.37. The Kier molecular flexibility index (Phi) is 4.54. The molecule has 7 heteroatoms. The predicted octanol–water partition coefficient (Wildman–Crippen LogP) is 5.59. The van der Waals surface area contributed by atoms with Gasteiger partial charge in [-0.05, 0) is 42.0 Å². The van der Waals surface area contributed by atoms with E-state index in [9.17, 15) is 14.7 Å². The number of carbonyl (C=O) groups is 2. The molecule has 1 aromatic heterocycles. The Morgan fingerprint density at radius 1 is 1.09 bits per heavy atom. The Morgan fingerprint density at radius 2 is 1.91 bits per heavy atom. The van der Waals surface area contributed by atoms with Gasteiger partial charge in [-0.3, -0.25) is 9.59 Å². The monoisotopic (exact) mass is 471 g/mol. The van der Waals surface area contributed by atoms with Gasteiger partial charge in [-0.25, -0.2) is 0 Å². The SMILES string of the molecule is Cn1cc(/C=C2\Oc3c(ccc4c3[C@H](c3ccc(O)c(Cl)c3)CC(=O)O4)C2=O)c2ccccc21. The molecule has 0 amide bonds. The lowest BCUT2D eigenvalue weighted by atomic mass is 9.84. The van der Waals surface area contributed by atoms with Crippen LogP contribution in [-0.4, -0.2) is 21.4 Å². The highest BCUT2D eigenvalue weighted by Crippen LogP contribution is 2.49. The summed E-state index contributed by atoms with van der Waals surface area (Å²) in [4.78, 5) is 25.6. The second-order valence-electron chi connectivity index (χ2n) is 8.45. The van der Waals surface area contributed by atoms with Crippen LogP contribution in [0.3, 0.4) is 0 Å². The first-order valence-electron chi connectivity index (χ1n) is 10.7. The highest BCUT2D eigenvalue weighted by atomic mass is 35.5. The normalized spacial score (nSPS) is 18.1. The summed E-state index contributed by atoms with van der Waals surface area (Å²) in [6.45, 7) is 0. The second-order valence-corrected chi connectivity index (χ2v) is 8.86. The molecule has 0 saturated carbocycles. The van der Waals surface area contributed by atoms with Crippen LogP contribution >= 0.6 is 11.6 Å². The number of aromatic hydroxyl groups is 1. The highest BCUT2D eigenvalue weighted by Gasteiger charge is 2.38. The number of carbonyl (C=O) groups excluding carboxylic acids is 2. The summed E-state index contributed by atoms with van der Waals surface area (Å²) < 4.78 is 13.6. The molecular formula is C27H18ClNO5. The topological polar surface area (TPSA) is 77.8 Å². The van der Waals surface area contributed by atoms with Crippen LogP contribution in [0.25, 0.3) is 17.0 Å². The molecule has 0 aliphatic carbocycles. The molecule has 1 atom stereocenters. The number of ketones is 1. The molecule has 0 bridgehead atoms. The van der Waals surface area contributed by atoms with Crippen LogP contribution in [0.4, 0.5) is 0 Å². The number of halogens is 1. The van der Waals surface area contributed by atoms with Crippen LogP contribution in [0.5, 0.6) is 17.2 Å². The van der Waals surface area contributed by atoms with Gasteiger partial charge < -0.3 is 19.1 Å². The maximum atomic E-state index is 13.3. The minimum Gasteiger partial charge on any atom is -0.506 e. The Hall–Kier alpha value is -4.03. The molecular weight excluding hydrogens is 454 g/mol. The van der Waals surface area contributed by atoms with E-state index in [4.69, 9.17) is 21.1 Å². The van der Waals surface area contributed by atoms with Gasteiger partial charge in [0.2, 0.25) is 5.78 Å². The van der Waals surface area contributed by atoms with E-state index >= 15 is 0 Å². The van der Waals surface area contributed by atoms with E-state index < -0.39 is 11.9 Å². The fourth-order valence-electron chi connectivity index (χ4n) is 4.76. The first kappa shape index (κ1) is 20.6. The number of hydrogen-bond acceptors (Lipinski definition) is 5. The molecule has 6 rings (SSSR count). The zero-order valence-corrected chi connectivity index (χ0v) is 18.8. The van der Waals surface area contributed by atoms with Gasteiger partial charge in [0.15, 0.2) is 5.76 Å². The lowest BCUT2D eigenvalue weighted by Gasteiger charge is -2.26. The number of nitrogens with zero attached hydrogens (tertiary/aromatic N) is 1. The van der Waals surface area contributed by atoms with Gasteiger partial charge in [0.1, 0.15) is 17.2 Å². The fraction of sp³-hybridized carbons (Fsp3) is 0.111. The van der Waals surface area contributed by atoms with Gasteiger partial charge in [0, 0.05) is 41.2 Å². The molecule has 0 radical (unpaired) electrons. The molecule has 0 saturated heterocycles. The van der Waals surface area contributed by atoms with Crippen molar-refractivity contribution in [3.05, 3.63) is 93.8 Å². The number of ether oxygens (including phenoxy) is 2. The third-order valence-corrected chi connectivity index (χ3v) is 6.67. The molecule has 2 aliphatic heterocycles. The number of aryl methyl sites for hydroxylation is 1. The maximum absolute atomic E-state index is 13.3. The molecule has 6 nitrogen and oxygen atoms in total. The van der Waals surface area contributed by atoms with Crippen molar-refractivity contribution in [2.75, 3.05) is 0 Å². The average molecular weight is 472 g/mol. The summed E-state index contributed by atoms with van der Waals surface area (Å²) in [5.41, 5.74) is 3.67. The molecule has 34 heavy (non-hydrogen) atoms. The van der Waals surface area contributed by atoms with Crippen molar-refractivity contribution in [2.45, 2.75) is 12.3 Å². The summed E-state index contributed by atoms with van der Waals surface area (Å²) in [7, 11) is 1.95.